The normalized spacial score (nSPS) is 14.5. The van der Waals surface area contributed by atoms with Crippen molar-refractivity contribution >= 4 is 34.3 Å². The number of nitrogens with one attached hydrogen (secondary N) is 3. The number of urea groups is 1. The summed E-state index contributed by atoms with van der Waals surface area (Å²) in [5.41, 5.74) is 3.04. The topological polar surface area (TPSA) is 83.4 Å². The summed E-state index contributed by atoms with van der Waals surface area (Å²) < 4.78 is 5.81. The van der Waals surface area contributed by atoms with E-state index in [9.17, 15) is 9.59 Å². The van der Waals surface area contributed by atoms with Gasteiger partial charge in [-0.05, 0) is 56.5 Å². The average molecular weight is 377 g/mol. The fourth-order valence-corrected chi connectivity index (χ4v) is 3.07. The zero-order chi connectivity index (χ0) is 19.7. The number of rotatable bonds is 5. The lowest BCUT2D eigenvalue weighted by Crippen LogP contribution is -2.31. The molecule has 3 aromatic rings. The van der Waals surface area contributed by atoms with Crippen LogP contribution in [0.1, 0.15) is 37.1 Å². The van der Waals surface area contributed by atoms with Gasteiger partial charge in [0.1, 0.15) is 11.3 Å². The molecule has 1 heterocycles. The lowest BCUT2D eigenvalue weighted by Gasteiger charge is -2.15. The third-order valence-electron chi connectivity index (χ3n) is 4.92. The van der Waals surface area contributed by atoms with E-state index in [1.165, 1.54) is 0 Å². The molecular formula is C22H23N3O3. The van der Waals surface area contributed by atoms with E-state index in [1.807, 2.05) is 56.3 Å². The first-order valence-electron chi connectivity index (χ1n) is 9.47. The van der Waals surface area contributed by atoms with Gasteiger partial charge >= 0.3 is 6.03 Å². The number of benzene rings is 2. The lowest BCUT2D eigenvalue weighted by atomic mass is 10.1. The SMILES string of the molecule is Cc1ccc(NC(=O)C2CC2)cc1NC(=O)N[C@@H](C)c1cc2ccccc2o1. The number of hydrogen-bond donors (Lipinski definition) is 3. The summed E-state index contributed by atoms with van der Waals surface area (Å²) in [5, 5.41) is 9.65. The van der Waals surface area contributed by atoms with Crippen LogP contribution in [0.5, 0.6) is 0 Å². The van der Waals surface area contributed by atoms with Crippen LogP contribution in [0.4, 0.5) is 16.2 Å². The second kappa shape index (κ2) is 7.38. The third kappa shape index (κ3) is 4.01. The summed E-state index contributed by atoms with van der Waals surface area (Å²) >= 11 is 0. The van der Waals surface area contributed by atoms with Crippen LogP contribution in [-0.2, 0) is 4.79 Å². The molecule has 2 aromatic carbocycles. The summed E-state index contributed by atoms with van der Waals surface area (Å²) in [4.78, 5) is 24.4. The molecule has 144 valence electrons. The first-order chi connectivity index (χ1) is 13.5. The highest BCUT2D eigenvalue weighted by Gasteiger charge is 2.29. The second-order valence-electron chi connectivity index (χ2n) is 7.30. The standard InChI is InChI=1S/C22H23N3O3/c1-13-7-10-17(24-21(26)15-8-9-15)12-18(13)25-22(27)23-14(2)20-11-16-5-3-4-6-19(16)28-20/h3-7,10-12,14-15H,8-9H2,1-2H3,(H,24,26)(H2,23,25,27)/t14-/m0/s1. The van der Waals surface area contributed by atoms with Gasteiger partial charge in [0.05, 0.1) is 6.04 Å². The number of amides is 3. The van der Waals surface area contributed by atoms with Gasteiger partial charge in [0.2, 0.25) is 5.91 Å². The molecule has 1 aliphatic carbocycles. The molecule has 4 rings (SSSR count). The van der Waals surface area contributed by atoms with Gasteiger partial charge in [-0.15, -0.1) is 0 Å². The number of aryl methyl sites for hydroxylation is 1. The number of para-hydroxylation sites is 1. The van der Waals surface area contributed by atoms with Crippen molar-refractivity contribution in [2.24, 2.45) is 5.92 Å². The van der Waals surface area contributed by atoms with Crippen molar-refractivity contribution in [1.29, 1.82) is 0 Å². The maximum Gasteiger partial charge on any atom is 0.319 e. The maximum absolute atomic E-state index is 12.5. The average Bonchev–Trinajstić information content (AvgIpc) is 3.43. The Kier molecular flexibility index (Phi) is 4.77. The van der Waals surface area contributed by atoms with Crippen LogP contribution in [0.2, 0.25) is 0 Å². The molecule has 3 amide bonds. The van der Waals surface area contributed by atoms with E-state index in [0.717, 1.165) is 29.4 Å². The van der Waals surface area contributed by atoms with E-state index in [0.29, 0.717) is 17.1 Å². The molecule has 1 aromatic heterocycles. The Labute approximate surface area is 163 Å². The molecule has 1 saturated carbocycles. The minimum Gasteiger partial charge on any atom is -0.459 e. The largest absolute Gasteiger partial charge is 0.459 e. The van der Waals surface area contributed by atoms with E-state index < -0.39 is 0 Å². The maximum atomic E-state index is 12.5. The van der Waals surface area contributed by atoms with E-state index in [4.69, 9.17) is 4.42 Å². The van der Waals surface area contributed by atoms with E-state index in [2.05, 4.69) is 16.0 Å². The Morgan fingerprint density at radius 1 is 1.07 bits per heavy atom. The quantitative estimate of drug-likeness (QED) is 0.587. The number of carbonyl (C=O) groups is 2. The highest BCUT2D eigenvalue weighted by molar-refractivity contribution is 5.96. The molecule has 0 spiro atoms. The van der Waals surface area contributed by atoms with Gasteiger partial charge in [0, 0.05) is 22.7 Å². The van der Waals surface area contributed by atoms with Gasteiger partial charge in [-0.1, -0.05) is 24.3 Å². The Balaban J connectivity index is 1.41. The first kappa shape index (κ1) is 18.1. The zero-order valence-corrected chi connectivity index (χ0v) is 15.9. The van der Waals surface area contributed by atoms with Gasteiger partial charge in [-0.2, -0.15) is 0 Å². The third-order valence-corrected chi connectivity index (χ3v) is 4.92. The van der Waals surface area contributed by atoms with Gasteiger partial charge in [-0.25, -0.2) is 4.79 Å². The molecule has 0 aliphatic heterocycles. The van der Waals surface area contributed by atoms with Crippen LogP contribution in [0.15, 0.2) is 52.9 Å². The Hall–Kier alpha value is -3.28. The fourth-order valence-electron chi connectivity index (χ4n) is 3.07. The number of furan rings is 1. The summed E-state index contributed by atoms with van der Waals surface area (Å²) in [6.07, 6.45) is 1.90. The minimum atomic E-state index is -0.332. The monoisotopic (exact) mass is 377 g/mol. The summed E-state index contributed by atoms with van der Waals surface area (Å²) in [6.45, 7) is 3.78. The second-order valence-corrected chi connectivity index (χ2v) is 7.30. The van der Waals surface area contributed by atoms with Crippen LogP contribution in [-0.4, -0.2) is 11.9 Å². The van der Waals surface area contributed by atoms with Crippen LogP contribution < -0.4 is 16.0 Å². The zero-order valence-electron chi connectivity index (χ0n) is 15.9. The van der Waals surface area contributed by atoms with Crippen LogP contribution >= 0.6 is 0 Å². The molecule has 1 atom stereocenters. The molecule has 0 bridgehead atoms. The van der Waals surface area contributed by atoms with Crippen LogP contribution in [0.25, 0.3) is 11.0 Å². The highest BCUT2D eigenvalue weighted by Crippen LogP contribution is 2.31. The van der Waals surface area contributed by atoms with Gasteiger partial charge in [-0.3, -0.25) is 4.79 Å². The molecular weight excluding hydrogens is 354 g/mol. The van der Waals surface area contributed by atoms with E-state index >= 15 is 0 Å². The fraction of sp³-hybridized carbons (Fsp3) is 0.273. The molecule has 6 nitrogen and oxygen atoms in total. The number of fused-ring (bicyclic) bond motifs is 1. The Morgan fingerprint density at radius 2 is 1.86 bits per heavy atom. The van der Waals surface area contributed by atoms with E-state index in [-0.39, 0.29) is 23.9 Å². The van der Waals surface area contributed by atoms with E-state index in [1.54, 1.807) is 6.07 Å². The Bertz CT molecular complexity index is 1000. The van der Waals surface area contributed by atoms with Crippen molar-refractivity contribution in [1.82, 2.24) is 5.32 Å². The van der Waals surface area contributed by atoms with Crippen molar-refractivity contribution in [3.05, 3.63) is 59.9 Å². The first-order valence-corrected chi connectivity index (χ1v) is 9.47. The van der Waals surface area contributed by atoms with Gasteiger partial charge < -0.3 is 20.4 Å². The summed E-state index contributed by atoms with van der Waals surface area (Å²) in [6, 6.07) is 14.5. The van der Waals surface area contributed by atoms with Crippen molar-refractivity contribution in [3.8, 4) is 0 Å². The number of anilines is 2. The van der Waals surface area contributed by atoms with Crippen molar-refractivity contribution in [3.63, 3.8) is 0 Å². The van der Waals surface area contributed by atoms with Gasteiger partial charge in [0.25, 0.3) is 0 Å². The van der Waals surface area contributed by atoms with Crippen molar-refractivity contribution < 1.29 is 14.0 Å². The van der Waals surface area contributed by atoms with Crippen molar-refractivity contribution in [2.75, 3.05) is 10.6 Å². The lowest BCUT2D eigenvalue weighted by molar-refractivity contribution is -0.117. The molecule has 1 aliphatic rings. The molecule has 0 saturated heterocycles. The smallest absolute Gasteiger partial charge is 0.319 e. The molecule has 0 unspecified atom stereocenters. The van der Waals surface area contributed by atoms with Crippen LogP contribution in [0.3, 0.4) is 0 Å². The number of carbonyl (C=O) groups excluding carboxylic acids is 2. The van der Waals surface area contributed by atoms with Gasteiger partial charge in [0.15, 0.2) is 0 Å². The molecule has 0 radical (unpaired) electrons. The van der Waals surface area contributed by atoms with Crippen molar-refractivity contribution in [2.45, 2.75) is 32.7 Å². The minimum absolute atomic E-state index is 0.0396. The summed E-state index contributed by atoms with van der Waals surface area (Å²) in [7, 11) is 0. The molecule has 28 heavy (non-hydrogen) atoms. The molecule has 3 N–H and O–H groups in total. The summed E-state index contributed by atoms with van der Waals surface area (Å²) in [5.74, 6) is 0.863. The molecule has 1 fully saturated rings. The Morgan fingerprint density at radius 3 is 2.61 bits per heavy atom. The highest BCUT2D eigenvalue weighted by atomic mass is 16.3. The number of hydrogen-bond acceptors (Lipinski definition) is 3. The predicted octanol–water partition coefficient (Wildman–Crippen LogP) is 4.97. The molecule has 6 heteroatoms. The predicted molar refractivity (Wildman–Crippen MR) is 109 cm³/mol. The van der Waals surface area contributed by atoms with Crippen LogP contribution in [0, 0.1) is 12.8 Å².